The molecule has 0 N–H and O–H groups in total. The predicted molar refractivity (Wildman–Crippen MR) is 89.1 cm³/mol. The molecule has 112 valence electrons. The molecule has 0 spiro atoms. The summed E-state index contributed by atoms with van der Waals surface area (Å²) in [4.78, 5) is 12.1. The summed E-state index contributed by atoms with van der Waals surface area (Å²) in [6.45, 7) is 4.78. The minimum absolute atomic E-state index is 0.166. The summed E-state index contributed by atoms with van der Waals surface area (Å²) < 4.78 is 1.84. The maximum Gasteiger partial charge on any atom is 0.166 e. The van der Waals surface area contributed by atoms with Crippen LogP contribution >= 0.6 is 0 Å². The van der Waals surface area contributed by atoms with Crippen LogP contribution in [0.1, 0.15) is 36.2 Å². The van der Waals surface area contributed by atoms with Gasteiger partial charge in [0.25, 0.3) is 0 Å². The molecular formula is C19H20N2O. The molecule has 3 rings (SSSR count). The van der Waals surface area contributed by atoms with E-state index in [1.54, 1.807) is 6.20 Å². The quantitative estimate of drug-likeness (QED) is 0.657. The fraction of sp³-hybridized carbons (Fsp3) is 0.263. The van der Waals surface area contributed by atoms with E-state index in [2.05, 4.69) is 49.3 Å². The Balaban J connectivity index is 1.84. The van der Waals surface area contributed by atoms with E-state index in [0.29, 0.717) is 24.4 Å². The van der Waals surface area contributed by atoms with Gasteiger partial charge in [0.05, 0.1) is 18.3 Å². The summed E-state index contributed by atoms with van der Waals surface area (Å²) in [5.74, 6) is 0.535. The van der Waals surface area contributed by atoms with Gasteiger partial charge in [-0.05, 0) is 22.3 Å². The molecule has 0 atom stereocenters. The van der Waals surface area contributed by atoms with E-state index in [-0.39, 0.29) is 5.78 Å². The van der Waals surface area contributed by atoms with Crippen molar-refractivity contribution in [2.75, 3.05) is 0 Å². The monoisotopic (exact) mass is 292 g/mol. The Morgan fingerprint density at radius 1 is 1.14 bits per heavy atom. The van der Waals surface area contributed by atoms with Gasteiger partial charge in [0.15, 0.2) is 5.78 Å². The van der Waals surface area contributed by atoms with Crippen molar-refractivity contribution in [2.45, 2.75) is 26.8 Å². The van der Waals surface area contributed by atoms with Gasteiger partial charge in [-0.1, -0.05) is 56.3 Å². The zero-order chi connectivity index (χ0) is 15.5. The minimum Gasteiger partial charge on any atom is -0.294 e. The Kier molecular flexibility index (Phi) is 4.05. The van der Waals surface area contributed by atoms with Crippen LogP contribution in [0, 0.1) is 5.92 Å². The largest absolute Gasteiger partial charge is 0.294 e. The molecule has 1 heterocycles. The van der Waals surface area contributed by atoms with Crippen LogP contribution in [0.5, 0.6) is 0 Å². The molecule has 3 nitrogen and oxygen atoms in total. The summed E-state index contributed by atoms with van der Waals surface area (Å²) in [6, 6.07) is 14.6. The number of Topliss-reactive ketones (excluding diaryl/α,β-unsaturated/α-hetero) is 1. The molecular weight excluding hydrogens is 272 g/mol. The van der Waals surface area contributed by atoms with Crippen molar-refractivity contribution < 1.29 is 4.79 Å². The van der Waals surface area contributed by atoms with Crippen molar-refractivity contribution in [3.8, 4) is 0 Å². The van der Waals surface area contributed by atoms with E-state index in [9.17, 15) is 4.79 Å². The highest BCUT2D eigenvalue weighted by atomic mass is 16.1. The van der Waals surface area contributed by atoms with Crippen molar-refractivity contribution in [3.63, 3.8) is 0 Å². The van der Waals surface area contributed by atoms with Crippen molar-refractivity contribution in [1.82, 2.24) is 9.78 Å². The zero-order valence-corrected chi connectivity index (χ0v) is 13.0. The topological polar surface area (TPSA) is 34.9 Å². The van der Waals surface area contributed by atoms with E-state index in [4.69, 9.17) is 0 Å². The second kappa shape index (κ2) is 6.14. The third-order valence-electron chi connectivity index (χ3n) is 3.76. The van der Waals surface area contributed by atoms with Crippen LogP contribution < -0.4 is 0 Å². The summed E-state index contributed by atoms with van der Waals surface area (Å²) in [6.07, 6.45) is 4.10. The van der Waals surface area contributed by atoms with E-state index in [1.165, 1.54) is 16.3 Å². The van der Waals surface area contributed by atoms with Gasteiger partial charge < -0.3 is 0 Å². The molecule has 0 bridgehead atoms. The van der Waals surface area contributed by atoms with E-state index in [0.717, 1.165) is 0 Å². The second-order valence-corrected chi connectivity index (χ2v) is 6.09. The first kappa shape index (κ1) is 14.5. The molecule has 22 heavy (non-hydrogen) atoms. The number of hydrogen-bond donors (Lipinski definition) is 0. The Bertz CT molecular complexity index is 797. The molecule has 0 unspecified atom stereocenters. The molecule has 0 aliphatic carbocycles. The van der Waals surface area contributed by atoms with Crippen molar-refractivity contribution in [2.24, 2.45) is 5.92 Å². The Morgan fingerprint density at radius 2 is 1.91 bits per heavy atom. The van der Waals surface area contributed by atoms with Gasteiger partial charge in [-0.25, -0.2) is 0 Å². The number of ketones is 1. The normalized spacial score (nSPS) is 11.2. The number of carbonyl (C=O) groups excluding carboxylic acids is 1. The van der Waals surface area contributed by atoms with Crippen LogP contribution in [0.2, 0.25) is 0 Å². The third-order valence-corrected chi connectivity index (χ3v) is 3.76. The molecule has 0 aliphatic heterocycles. The van der Waals surface area contributed by atoms with E-state index in [1.807, 2.05) is 23.0 Å². The number of rotatable bonds is 5. The van der Waals surface area contributed by atoms with Gasteiger partial charge in [0.1, 0.15) is 0 Å². The Morgan fingerprint density at radius 3 is 2.73 bits per heavy atom. The van der Waals surface area contributed by atoms with Gasteiger partial charge in [-0.15, -0.1) is 0 Å². The SMILES string of the molecule is CC(C)CC(=O)c1cnn(Cc2cccc3ccccc23)c1. The molecule has 3 heteroatoms. The molecule has 0 saturated carbocycles. The van der Waals surface area contributed by atoms with E-state index < -0.39 is 0 Å². The number of nitrogens with zero attached hydrogens (tertiary/aromatic N) is 2. The maximum absolute atomic E-state index is 12.1. The number of benzene rings is 2. The van der Waals surface area contributed by atoms with Gasteiger partial charge in [0, 0.05) is 12.6 Å². The number of aromatic nitrogens is 2. The van der Waals surface area contributed by atoms with Crippen molar-refractivity contribution in [1.29, 1.82) is 0 Å². The standard InChI is InChI=1S/C19H20N2O/c1-14(2)10-19(22)17-11-20-21(13-17)12-16-8-5-7-15-6-3-4-9-18(15)16/h3-9,11,13-14H,10,12H2,1-2H3. The molecule has 0 radical (unpaired) electrons. The van der Waals surface area contributed by atoms with Gasteiger partial charge in [0.2, 0.25) is 0 Å². The Labute approximate surface area is 130 Å². The third kappa shape index (κ3) is 3.08. The van der Waals surface area contributed by atoms with Crippen LogP contribution in [-0.4, -0.2) is 15.6 Å². The zero-order valence-electron chi connectivity index (χ0n) is 13.0. The first-order valence-electron chi connectivity index (χ1n) is 7.66. The first-order chi connectivity index (χ1) is 10.6. The van der Waals surface area contributed by atoms with Crippen LogP contribution in [0.4, 0.5) is 0 Å². The molecule has 0 fully saturated rings. The Hall–Kier alpha value is -2.42. The van der Waals surface area contributed by atoms with Crippen LogP contribution in [0.25, 0.3) is 10.8 Å². The fourth-order valence-corrected chi connectivity index (χ4v) is 2.69. The lowest BCUT2D eigenvalue weighted by molar-refractivity contribution is 0.0968. The smallest absolute Gasteiger partial charge is 0.166 e. The fourth-order valence-electron chi connectivity index (χ4n) is 2.69. The van der Waals surface area contributed by atoms with Crippen LogP contribution in [0.15, 0.2) is 54.9 Å². The first-order valence-corrected chi connectivity index (χ1v) is 7.66. The summed E-state index contributed by atoms with van der Waals surface area (Å²) in [5.41, 5.74) is 1.91. The van der Waals surface area contributed by atoms with Gasteiger partial charge in [-0.3, -0.25) is 9.48 Å². The maximum atomic E-state index is 12.1. The van der Waals surface area contributed by atoms with Gasteiger partial charge in [-0.2, -0.15) is 5.10 Å². The lowest BCUT2D eigenvalue weighted by atomic mass is 10.0. The van der Waals surface area contributed by atoms with Gasteiger partial charge >= 0.3 is 0 Å². The summed E-state index contributed by atoms with van der Waals surface area (Å²) in [7, 11) is 0. The lowest BCUT2D eigenvalue weighted by Gasteiger charge is -2.06. The highest BCUT2D eigenvalue weighted by Gasteiger charge is 2.11. The molecule has 0 aliphatic rings. The summed E-state index contributed by atoms with van der Waals surface area (Å²) >= 11 is 0. The van der Waals surface area contributed by atoms with E-state index >= 15 is 0 Å². The average molecular weight is 292 g/mol. The second-order valence-electron chi connectivity index (χ2n) is 6.09. The molecule has 0 saturated heterocycles. The summed E-state index contributed by atoms with van der Waals surface area (Å²) in [5, 5.41) is 6.80. The highest BCUT2D eigenvalue weighted by Crippen LogP contribution is 2.19. The molecule has 0 amide bonds. The van der Waals surface area contributed by atoms with Crippen molar-refractivity contribution in [3.05, 3.63) is 66.0 Å². The highest BCUT2D eigenvalue weighted by molar-refractivity contribution is 5.95. The van der Waals surface area contributed by atoms with Crippen LogP contribution in [-0.2, 0) is 6.54 Å². The van der Waals surface area contributed by atoms with Crippen molar-refractivity contribution >= 4 is 16.6 Å². The number of hydrogen-bond acceptors (Lipinski definition) is 2. The molecule has 2 aromatic carbocycles. The minimum atomic E-state index is 0.166. The van der Waals surface area contributed by atoms with Crippen LogP contribution in [0.3, 0.4) is 0 Å². The molecule has 3 aromatic rings. The lowest BCUT2D eigenvalue weighted by Crippen LogP contribution is -2.03. The number of fused-ring (bicyclic) bond motifs is 1. The average Bonchev–Trinajstić information content (AvgIpc) is 2.96. The number of carbonyl (C=O) groups is 1. The predicted octanol–water partition coefficient (Wildman–Crippen LogP) is 4.31. The molecule has 1 aromatic heterocycles.